The minimum Gasteiger partial charge on any atom is -0.456 e. The molecule has 1 saturated heterocycles. The zero-order valence-electron chi connectivity index (χ0n) is 15.7. The molecule has 0 radical (unpaired) electrons. The maximum atomic E-state index is 13.1. The van der Waals surface area contributed by atoms with Crippen molar-refractivity contribution in [2.75, 3.05) is 18.1 Å². The smallest absolute Gasteiger partial charge is 0.329 e. The van der Waals surface area contributed by atoms with Gasteiger partial charge >= 0.3 is 5.97 Å². The number of anilines is 1. The van der Waals surface area contributed by atoms with Crippen molar-refractivity contribution in [1.82, 2.24) is 9.97 Å². The van der Waals surface area contributed by atoms with Gasteiger partial charge in [0.2, 0.25) is 5.95 Å². The first-order chi connectivity index (χ1) is 13.1. The summed E-state index contributed by atoms with van der Waals surface area (Å²) in [4.78, 5) is 36.2. The lowest BCUT2D eigenvalue weighted by Gasteiger charge is -2.55. The molecule has 1 aromatic heterocycles. The van der Waals surface area contributed by atoms with Crippen LogP contribution in [0.15, 0.2) is 18.5 Å². The van der Waals surface area contributed by atoms with Crippen molar-refractivity contribution in [3.05, 3.63) is 18.5 Å². The Bertz CT molecular complexity index is 700. The Kier molecular flexibility index (Phi) is 4.17. The number of rotatable bonds is 5. The van der Waals surface area contributed by atoms with Crippen LogP contribution in [0.2, 0.25) is 0 Å². The number of aromatic nitrogens is 2. The van der Waals surface area contributed by atoms with Gasteiger partial charge in [0.1, 0.15) is 6.04 Å². The molecule has 0 aromatic carbocycles. The summed E-state index contributed by atoms with van der Waals surface area (Å²) in [6.45, 7) is 0.678. The lowest BCUT2D eigenvalue weighted by Crippen LogP contribution is -2.51. The van der Waals surface area contributed by atoms with Crippen LogP contribution in [0.1, 0.15) is 51.4 Å². The van der Waals surface area contributed by atoms with Crippen LogP contribution in [0.25, 0.3) is 0 Å². The van der Waals surface area contributed by atoms with E-state index in [-0.39, 0.29) is 29.8 Å². The second-order valence-corrected chi connectivity index (χ2v) is 9.13. The minimum atomic E-state index is -0.378. The number of hydrogen-bond donors (Lipinski definition) is 0. The largest absolute Gasteiger partial charge is 0.456 e. The van der Waals surface area contributed by atoms with E-state index in [1.54, 1.807) is 18.5 Å². The van der Waals surface area contributed by atoms with Gasteiger partial charge in [0.05, 0.1) is 0 Å². The topological polar surface area (TPSA) is 72.4 Å². The van der Waals surface area contributed by atoms with Crippen LogP contribution in [0.3, 0.4) is 0 Å². The van der Waals surface area contributed by atoms with Gasteiger partial charge in [-0.15, -0.1) is 0 Å². The van der Waals surface area contributed by atoms with E-state index in [1.165, 1.54) is 19.3 Å². The molecule has 0 spiro atoms. The molecule has 144 valence electrons. The lowest BCUT2D eigenvalue weighted by atomic mass is 9.48. The minimum absolute atomic E-state index is 0.0645. The van der Waals surface area contributed by atoms with E-state index in [1.807, 2.05) is 4.90 Å². The molecule has 5 fully saturated rings. The standard InChI is InChI=1S/C21H27N3O3/c25-18(21-10-14-7-15(11-21)9-16(8-14)12-21)13-27-19(26)17-3-1-6-24(17)20-22-4-2-5-23-20/h2,4-5,14-17H,1,3,6-13H2/t14?,15?,16?,17-,21?/m0/s1. The van der Waals surface area contributed by atoms with Crippen LogP contribution in [0.5, 0.6) is 0 Å². The summed E-state index contributed by atoms with van der Waals surface area (Å²) in [5.41, 5.74) is -0.201. The molecule has 0 N–H and O–H groups in total. The highest BCUT2D eigenvalue weighted by atomic mass is 16.5. The molecule has 0 amide bonds. The van der Waals surface area contributed by atoms with E-state index in [0.717, 1.165) is 56.4 Å². The van der Waals surface area contributed by atoms with Gasteiger partial charge in [-0.3, -0.25) is 4.79 Å². The normalized spacial score (nSPS) is 36.8. The molecule has 6 rings (SSSR count). The highest BCUT2D eigenvalue weighted by Crippen LogP contribution is 2.60. The molecular formula is C21H27N3O3. The molecule has 1 atom stereocenters. The summed E-state index contributed by atoms with van der Waals surface area (Å²) in [5.74, 6) is 2.57. The van der Waals surface area contributed by atoms with Crippen molar-refractivity contribution in [3.8, 4) is 0 Å². The highest BCUT2D eigenvalue weighted by molar-refractivity contribution is 5.89. The molecule has 4 saturated carbocycles. The van der Waals surface area contributed by atoms with Gasteiger partial charge in [-0.2, -0.15) is 0 Å². The average molecular weight is 369 g/mol. The Balaban J connectivity index is 1.22. The number of esters is 1. The third-order valence-electron chi connectivity index (χ3n) is 7.31. The first-order valence-corrected chi connectivity index (χ1v) is 10.4. The predicted octanol–water partition coefficient (Wildman–Crippen LogP) is 2.77. The number of nitrogens with zero attached hydrogens (tertiary/aromatic N) is 3. The zero-order valence-corrected chi connectivity index (χ0v) is 15.7. The number of ether oxygens (including phenoxy) is 1. The molecule has 1 aliphatic heterocycles. The molecule has 4 bridgehead atoms. The van der Waals surface area contributed by atoms with Gasteiger partial charge < -0.3 is 9.64 Å². The molecule has 27 heavy (non-hydrogen) atoms. The average Bonchev–Trinajstić information content (AvgIpc) is 3.15. The molecule has 4 aliphatic carbocycles. The van der Waals surface area contributed by atoms with E-state index < -0.39 is 0 Å². The van der Waals surface area contributed by atoms with E-state index in [4.69, 9.17) is 4.74 Å². The number of hydrogen-bond acceptors (Lipinski definition) is 6. The molecule has 2 heterocycles. The quantitative estimate of drug-likeness (QED) is 0.743. The summed E-state index contributed by atoms with van der Waals surface area (Å²) in [7, 11) is 0. The van der Waals surface area contributed by atoms with E-state index in [0.29, 0.717) is 5.95 Å². The predicted molar refractivity (Wildman–Crippen MR) is 99.0 cm³/mol. The SMILES string of the molecule is O=C(OCC(=O)C12CC3CC(CC(C3)C1)C2)[C@@H]1CCCN1c1ncccn1. The summed E-state index contributed by atoms with van der Waals surface area (Å²) < 4.78 is 5.54. The fourth-order valence-electron chi connectivity index (χ4n) is 6.53. The number of ketones is 1. The molecule has 1 aromatic rings. The van der Waals surface area contributed by atoms with Gasteiger partial charge in [-0.1, -0.05) is 0 Å². The van der Waals surface area contributed by atoms with Crippen LogP contribution in [0, 0.1) is 23.2 Å². The Morgan fingerprint density at radius 1 is 1.07 bits per heavy atom. The van der Waals surface area contributed by atoms with E-state index in [9.17, 15) is 9.59 Å². The van der Waals surface area contributed by atoms with Crippen LogP contribution in [-0.2, 0) is 14.3 Å². The molecule has 6 nitrogen and oxygen atoms in total. The Morgan fingerprint density at radius 2 is 1.70 bits per heavy atom. The second-order valence-electron chi connectivity index (χ2n) is 9.13. The first-order valence-electron chi connectivity index (χ1n) is 10.4. The van der Waals surface area contributed by atoms with Crippen LogP contribution in [-0.4, -0.2) is 40.9 Å². The van der Waals surface area contributed by atoms with Crippen molar-refractivity contribution in [2.24, 2.45) is 23.2 Å². The summed E-state index contributed by atoms with van der Waals surface area (Å²) >= 11 is 0. The lowest BCUT2D eigenvalue weighted by molar-refractivity contribution is -0.158. The Morgan fingerprint density at radius 3 is 2.33 bits per heavy atom. The summed E-state index contributed by atoms with van der Waals surface area (Å²) in [6.07, 6.45) is 12.0. The van der Waals surface area contributed by atoms with Crippen LogP contribution < -0.4 is 4.90 Å². The summed E-state index contributed by atoms with van der Waals surface area (Å²) in [6, 6.07) is 1.38. The summed E-state index contributed by atoms with van der Waals surface area (Å²) in [5, 5.41) is 0. The molecular weight excluding hydrogens is 342 g/mol. The van der Waals surface area contributed by atoms with Gasteiger partial charge in [0, 0.05) is 24.4 Å². The molecule has 0 unspecified atom stereocenters. The van der Waals surface area contributed by atoms with Crippen LogP contribution in [0.4, 0.5) is 5.95 Å². The molecule has 6 heteroatoms. The second kappa shape index (κ2) is 6.57. The van der Waals surface area contributed by atoms with Crippen molar-refractivity contribution < 1.29 is 14.3 Å². The van der Waals surface area contributed by atoms with Crippen LogP contribution >= 0.6 is 0 Å². The van der Waals surface area contributed by atoms with Crippen molar-refractivity contribution in [2.45, 2.75) is 57.4 Å². The fraction of sp³-hybridized carbons (Fsp3) is 0.714. The fourth-order valence-corrected chi connectivity index (χ4v) is 6.53. The number of carbonyl (C=O) groups is 2. The first kappa shape index (κ1) is 17.1. The Labute approximate surface area is 159 Å². The highest BCUT2D eigenvalue weighted by Gasteiger charge is 2.54. The molecule has 5 aliphatic rings. The third kappa shape index (κ3) is 3.03. The van der Waals surface area contributed by atoms with Crippen molar-refractivity contribution in [1.29, 1.82) is 0 Å². The van der Waals surface area contributed by atoms with Gasteiger partial charge in [0.25, 0.3) is 0 Å². The third-order valence-corrected chi connectivity index (χ3v) is 7.31. The van der Waals surface area contributed by atoms with Crippen molar-refractivity contribution in [3.63, 3.8) is 0 Å². The Hall–Kier alpha value is -1.98. The monoisotopic (exact) mass is 369 g/mol. The number of Topliss-reactive ketones (excluding diaryl/α,β-unsaturated/α-hetero) is 1. The van der Waals surface area contributed by atoms with Crippen molar-refractivity contribution >= 4 is 17.7 Å². The number of carbonyl (C=O) groups excluding carboxylic acids is 2. The van der Waals surface area contributed by atoms with Gasteiger partial charge in [-0.05, 0) is 75.2 Å². The maximum absolute atomic E-state index is 13.1. The maximum Gasteiger partial charge on any atom is 0.329 e. The van der Waals surface area contributed by atoms with E-state index >= 15 is 0 Å². The zero-order chi connectivity index (χ0) is 18.4. The van der Waals surface area contributed by atoms with Gasteiger partial charge in [0.15, 0.2) is 12.4 Å². The van der Waals surface area contributed by atoms with E-state index in [2.05, 4.69) is 9.97 Å². The van der Waals surface area contributed by atoms with Gasteiger partial charge in [-0.25, -0.2) is 14.8 Å².